The van der Waals surface area contributed by atoms with E-state index in [-0.39, 0.29) is 31.8 Å². The molecule has 0 fully saturated rings. The first-order chi connectivity index (χ1) is 21.4. The number of rotatable bonds is 14. The number of H-pyrrole nitrogens is 1. The average Bonchev–Trinajstić information content (AvgIpc) is 3.40. The molecule has 45 heavy (non-hydrogen) atoms. The number of hydrogen-bond donors (Lipinski definition) is 3. The minimum absolute atomic E-state index is 0.151. The van der Waals surface area contributed by atoms with Crippen LogP contribution in [0.15, 0.2) is 54.7 Å². The molecule has 1 heterocycles. The first-order valence-corrected chi connectivity index (χ1v) is 14.8. The quantitative estimate of drug-likeness (QED) is 0.182. The van der Waals surface area contributed by atoms with E-state index in [2.05, 4.69) is 20.4 Å². The molecule has 1 atom stereocenters. The Morgan fingerprint density at radius 3 is 2.38 bits per heavy atom. The Hall–Kier alpha value is -4.87. The maximum atomic E-state index is 13.2. The topological polar surface area (TPSA) is 156 Å². The Labute approximate surface area is 262 Å². The number of benzene rings is 2. The largest absolute Gasteiger partial charge is 0.514 e. The first-order valence-electron chi connectivity index (χ1n) is 14.8. The van der Waals surface area contributed by atoms with Crippen LogP contribution in [-0.4, -0.2) is 78.1 Å². The molecule has 1 unspecified atom stereocenters. The summed E-state index contributed by atoms with van der Waals surface area (Å²) < 4.78 is 14.9. The highest BCUT2D eigenvalue weighted by Crippen LogP contribution is 2.20. The third-order valence-corrected chi connectivity index (χ3v) is 6.71. The normalized spacial score (nSPS) is 11.8. The molecule has 12 heteroatoms. The van der Waals surface area contributed by atoms with Gasteiger partial charge in [-0.3, -0.25) is 19.2 Å². The molecule has 242 valence electrons. The smallest absolute Gasteiger partial charge is 0.468 e. The summed E-state index contributed by atoms with van der Waals surface area (Å²) in [5, 5.41) is 6.17. The lowest BCUT2D eigenvalue weighted by Crippen LogP contribution is -2.52. The molecule has 12 nitrogen and oxygen atoms in total. The number of carbonyl (C=O) groups is 5. The number of ether oxygens (including phenoxy) is 3. The maximum absolute atomic E-state index is 13.2. The van der Waals surface area contributed by atoms with E-state index >= 15 is 0 Å². The summed E-state index contributed by atoms with van der Waals surface area (Å²) in [6.45, 7) is 6.92. The molecule has 0 saturated carbocycles. The Morgan fingerprint density at radius 2 is 1.71 bits per heavy atom. The molecule has 3 aromatic rings. The lowest BCUT2D eigenvalue weighted by molar-refractivity contribution is -0.141. The van der Waals surface area contributed by atoms with Crippen molar-refractivity contribution in [2.24, 2.45) is 0 Å². The highest BCUT2D eigenvalue weighted by Gasteiger charge is 2.25. The second kappa shape index (κ2) is 16.3. The van der Waals surface area contributed by atoms with Crippen molar-refractivity contribution in [1.29, 1.82) is 0 Å². The Balaban J connectivity index is 1.61. The zero-order valence-corrected chi connectivity index (χ0v) is 26.4. The van der Waals surface area contributed by atoms with Crippen molar-refractivity contribution in [1.82, 2.24) is 20.5 Å². The molecule has 0 aliphatic rings. The van der Waals surface area contributed by atoms with Gasteiger partial charge in [-0.05, 0) is 62.9 Å². The van der Waals surface area contributed by atoms with Gasteiger partial charge in [0.1, 0.15) is 23.9 Å². The van der Waals surface area contributed by atoms with Gasteiger partial charge in [0.15, 0.2) is 0 Å². The minimum atomic E-state index is -0.999. The minimum Gasteiger partial charge on any atom is -0.468 e. The summed E-state index contributed by atoms with van der Waals surface area (Å²) in [6, 6.07) is 13.4. The highest BCUT2D eigenvalue weighted by molar-refractivity contribution is 5.92. The Bertz CT molecular complexity index is 1480. The van der Waals surface area contributed by atoms with Gasteiger partial charge in [-0.2, -0.15) is 0 Å². The van der Waals surface area contributed by atoms with Gasteiger partial charge >= 0.3 is 12.1 Å². The van der Waals surface area contributed by atoms with E-state index in [1.54, 1.807) is 51.2 Å². The van der Waals surface area contributed by atoms with Crippen LogP contribution in [-0.2, 0) is 41.5 Å². The van der Waals surface area contributed by atoms with Crippen LogP contribution in [0.1, 0.15) is 51.7 Å². The van der Waals surface area contributed by atoms with Crippen molar-refractivity contribution in [2.45, 2.75) is 65.0 Å². The molecule has 0 radical (unpaired) electrons. The third kappa shape index (κ3) is 11.3. The zero-order chi connectivity index (χ0) is 33.0. The van der Waals surface area contributed by atoms with Crippen LogP contribution in [0.3, 0.4) is 0 Å². The number of nitrogens with zero attached hydrogens (tertiary/aromatic N) is 1. The fourth-order valence-electron chi connectivity index (χ4n) is 4.56. The van der Waals surface area contributed by atoms with Gasteiger partial charge in [-0.1, -0.05) is 37.3 Å². The molecule has 3 N–H and O–H groups in total. The van der Waals surface area contributed by atoms with Gasteiger partial charge < -0.3 is 34.7 Å². The number of esters is 1. The van der Waals surface area contributed by atoms with Crippen LogP contribution < -0.4 is 15.4 Å². The van der Waals surface area contributed by atoms with Gasteiger partial charge in [-0.25, -0.2) is 4.79 Å². The number of nitrogens with one attached hydrogen (secondary N) is 3. The molecule has 0 bridgehead atoms. The lowest BCUT2D eigenvalue weighted by Gasteiger charge is -2.24. The predicted octanol–water partition coefficient (Wildman–Crippen LogP) is 3.67. The van der Waals surface area contributed by atoms with Gasteiger partial charge in [0.25, 0.3) is 0 Å². The fourth-order valence-corrected chi connectivity index (χ4v) is 4.56. The summed E-state index contributed by atoms with van der Waals surface area (Å²) in [6.07, 6.45) is 2.33. The molecule has 1 aromatic heterocycles. The van der Waals surface area contributed by atoms with E-state index < -0.39 is 35.6 Å². The summed E-state index contributed by atoms with van der Waals surface area (Å²) in [4.78, 5) is 67.5. The van der Waals surface area contributed by atoms with Crippen molar-refractivity contribution in [3.8, 4) is 5.75 Å². The molecule has 0 aliphatic heterocycles. The van der Waals surface area contributed by atoms with E-state index in [0.717, 1.165) is 22.0 Å². The summed E-state index contributed by atoms with van der Waals surface area (Å²) >= 11 is 0. The number of methoxy groups -OCH3 is 1. The molecule has 0 spiro atoms. The number of hydrogen-bond acceptors (Lipinski definition) is 8. The number of fused-ring (bicyclic) bond motifs is 1. The second-order valence-electron chi connectivity index (χ2n) is 11.5. The SMILES string of the molecule is CCCN(CC(=O)NC(Cc1c[nH]c2ccccc12)C(=O)NCC(=O)OC)C(=O)CCc1ccc(OC(=O)OC(C)(C)C)cc1. The summed E-state index contributed by atoms with van der Waals surface area (Å²) in [5.74, 6) is -1.57. The van der Waals surface area contributed by atoms with Gasteiger partial charge in [-0.15, -0.1) is 0 Å². The summed E-state index contributed by atoms with van der Waals surface area (Å²) in [7, 11) is 1.22. The van der Waals surface area contributed by atoms with Crippen LogP contribution in [0, 0.1) is 0 Å². The molecule has 3 amide bonds. The zero-order valence-electron chi connectivity index (χ0n) is 26.4. The number of aryl methyl sites for hydroxylation is 1. The highest BCUT2D eigenvalue weighted by atomic mass is 16.7. The van der Waals surface area contributed by atoms with E-state index in [1.165, 1.54) is 12.0 Å². The van der Waals surface area contributed by atoms with E-state index in [1.807, 2.05) is 31.2 Å². The van der Waals surface area contributed by atoms with Crippen LogP contribution in [0.4, 0.5) is 4.79 Å². The number of aromatic amines is 1. The van der Waals surface area contributed by atoms with Crippen molar-refractivity contribution in [3.05, 3.63) is 65.9 Å². The summed E-state index contributed by atoms with van der Waals surface area (Å²) in [5.41, 5.74) is 1.88. The van der Waals surface area contributed by atoms with Gasteiger partial charge in [0.2, 0.25) is 17.7 Å². The van der Waals surface area contributed by atoms with Crippen molar-refractivity contribution >= 4 is 40.7 Å². The number of aromatic nitrogens is 1. The van der Waals surface area contributed by atoms with Gasteiger partial charge in [0, 0.05) is 36.5 Å². The van der Waals surface area contributed by atoms with Crippen LogP contribution in [0.5, 0.6) is 5.75 Å². The predicted molar refractivity (Wildman–Crippen MR) is 167 cm³/mol. The monoisotopic (exact) mass is 622 g/mol. The first kappa shape index (κ1) is 34.6. The van der Waals surface area contributed by atoms with Crippen LogP contribution >= 0.6 is 0 Å². The Kier molecular flexibility index (Phi) is 12.5. The van der Waals surface area contributed by atoms with Crippen LogP contribution in [0.2, 0.25) is 0 Å². The van der Waals surface area contributed by atoms with Crippen molar-refractivity contribution in [3.63, 3.8) is 0 Å². The number of carbonyl (C=O) groups excluding carboxylic acids is 5. The molecule has 0 saturated heterocycles. The molecular formula is C33H42N4O8. The number of para-hydroxylation sites is 1. The lowest BCUT2D eigenvalue weighted by atomic mass is 10.0. The standard InChI is InChI=1S/C33H42N4O8/c1-6-17-37(29(39)16-13-22-11-14-24(15-12-22)44-32(42)45-33(2,3)4)21-28(38)36-27(31(41)35-20-30(40)43-5)18-23-19-34-26-10-8-7-9-25(23)26/h7-12,14-15,19,27,34H,6,13,16-18,20-21H2,1-5H3,(H,35,41)(H,36,38). The average molecular weight is 623 g/mol. The van der Waals surface area contributed by atoms with Crippen molar-refractivity contribution < 1.29 is 38.2 Å². The third-order valence-electron chi connectivity index (χ3n) is 6.71. The molecule has 3 rings (SSSR count). The van der Waals surface area contributed by atoms with E-state index in [0.29, 0.717) is 25.1 Å². The maximum Gasteiger partial charge on any atom is 0.514 e. The van der Waals surface area contributed by atoms with E-state index in [9.17, 15) is 24.0 Å². The Morgan fingerprint density at radius 1 is 1.00 bits per heavy atom. The van der Waals surface area contributed by atoms with E-state index in [4.69, 9.17) is 9.47 Å². The van der Waals surface area contributed by atoms with Crippen LogP contribution in [0.25, 0.3) is 10.9 Å². The fraction of sp³-hybridized carbons (Fsp3) is 0.424. The number of amides is 3. The molecular weight excluding hydrogens is 580 g/mol. The van der Waals surface area contributed by atoms with Gasteiger partial charge in [0.05, 0.1) is 13.7 Å². The van der Waals surface area contributed by atoms with Crippen molar-refractivity contribution in [2.75, 3.05) is 26.7 Å². The molecule has 2 aromatic carbocycles. The molecule has 0 aliphatic carbocycles. The second-order valence-corrected chi connectivity index (χ2v) is 11.5.